The van der Waals surface area contributed by atoms with E-state index in [0.29, 0.717) is 0 Å². The Hall–Kier alpha value is -4.24. The lowest BCUT2D eigenvalue weighted by molar-refractivity contribution is -0.144. The van der Waals surface area contributed by atoms with Gasteiger partial charge in [0, 0.05) is 13.0 Å². The van der Waals surface area contributed by atoms with Gasteiger partial charge in [-0.25, -0.2) is 4.79 Å². The summed E-state index contributed by atoms with van der Waals surface area (Å²) in [5, 5.41) is 34.2. The molecule has 0 saturated carbocycles. The van der Waals surface area contributed by atoms with Crippen LogP contribution in [0, 0.1) is 0 Å². The monoisotopic (exact) mass is 537 g/mol. The maximum Gasteiger partial charge on any atom is 0.328 e. The van der Waals surface area contributed by atoms with Crippen LogP contribution < -0.4 is 33.2 Å². The molecule has 4 atom stereocenters. The highest BCUT2D eigenvalue weighted by Gasteiger charge is 2.30. The minimum Gasteiger partial charge on any atom is -0.481 e. The van der Waals surface area contributed by atoms with E-state index in [4.69, 9.17) is 32.5 Å². The highest BCUT2D eigenvalue weighted by atomic mass is 16.4. The summed E-state index contributed by atoms with van der Waals surface area (Å²) < 4.78 is 0. The van der Waals surface area contributed by atoms with Crippen molar-refractivity contribution in [1.29, 1.82) is 0 Å². The highest BCUT2D eigenvalue weighted by Crippen LogP contribution is 2.06. The van der Waals surface area contributed by atoms with Crippen molar-refractivity contribution in [1.82, 2.24) is 16.0 Å². The molecule has 38 heavy (non-hydrogen) atoms. The maximum absolute atomic E-state index is 13.1. The van der Waals surface area contributed by atoms with Gasteiger partial charge in [-0.1, -0.05) is 30.3 Å². The fraction of sp³-hybridized carbons (Fsp3) is 0.478. The normalized spacial score (nSPS) is 13.7. The van der Waals surface area contributed by atoms with Crippen LogP contribution in [0.1, 0.15) is 31.2 Å². The molecule has 0 spiro atoms. The van der Waals surface area contributed by atoms with Crippen molar-refractivity contribution in [3.63, 3.8) is 0 Å². The second-order valence-corrected chi connectivity index (χ2v) is 8.38. The van der Waals surface area contributed by atoms with Crippen molar-refractivity contribution >= 4 is 35.6 Å². The van der Waals surface area contributed by atoms with Crippen LogP contribution in [0.4, 0.5) is 0 Å². The van der Waals surface area contributed by atoms with E-state index >= 15 is 0 Å². The molecule has 3 amide bonds. The topological polar surface area (TPSA) is 273 Å². The van der Waals surface area contributed by atoms with Gasteiger partial charge >= 0.3 is 11.9 Å². The number of nitrogens with zero attached hydrogens (tertiary/aromatic N) is 1. The first-order valence-electron chi connectivity index (χ1n) is 11.8. The van der Waals surface area contributed by atoms with Gasteiger partial charge in [0.15, 0.2) is 5.96 Å². The van der Waals surface area contributed by atoms with Crippen LogP contribution in [-0.4, -0.2) is 88.3 Å². The molecule has 0 fully saturated rings. The molecule has 210 valence electrons. The average molecular weight is 538 g/mol. The van der Waals surface area contributed by atoms with Crippen LogP contribution in [0.2, 0.25) is 0 Å². The van der Waals surface area contributed by atoms with Crippen LogP contribution in [0.3, 0.4) is 0 Å². The number of nitrogens with one attached hydrogen (secondary N) is 3. The number of aliphatic hydroxyl groups excluding tert-OH is 1. The summed E-state index contributed by atoms with van der Waals surface area (Å²) in [5.74, 6) is -5.45. The quantitative estimate of drug-likeness (QED) is 0.0548. The Balaban J connectivity index is 3.02. The number of amides is 3. The fourth-order valence-electron chi connectivity index (χ4n) is 3.28. The summed E-state index contributed by atoms with van der Waals surface area (Å²) in [6.07, 6.45) is -0.433. The number of guanidine groups is 1. The number of aliphatic hydroxyl groups is 1. The van der Waals surface area contributed by atoms with Gasteiger partial charge in [0.05, 0.1) is 12.6 Å². The second-order valence-electron chi connectivity index (χ2n) is 8.38. The van der Waals surface area contributed by atoms with Gasteiger partial charge in [0.2, 0.25) is 17.7 Å². The molecule has 0 heterocycles. The van der Waals surface area contributed by atoms with Crippen molar-refractivity contribution in [2.24, 2.45) is 22.2 Å². The zero-order chi connectivity index (χ0) is 28.7. The SMILES string of the molecule is NC(N)=NCCCC(NC(=O)C(N)Cc1ccccc1)C(=O)NC(CCC(=O)O)C(=O)NC(CO)C(=O)O. The van der Waals surface area contributed by atoms with Gasteiger partial charge in [-0.3, -0.25) is 24.2 Å². The van der Waals surface area contributed by atoms with Gasteiger partial charge in [-0.15, -0.1) is 0 Å². The summed E-state index contributed by atoms with van der Waals surface area (Å²) in [6.45, 7) is -0.790. The molecule has 1 aromatic rings. The summed E-state index contributed by atoms with van der Waals surface area (Å²) in [4.78, 5) is 64.5. The Kier molecular flexibility index (Phi) is 13.8. The molecule has 1 rings (SSSR count). The zero-order valence-corrected chi connectivity index (χ0v) is 20.7. The van der Waals surface area contributed by atoms with Crippen molar-refractivity contribution in [2.75, 3.05) is 13.2 Å². The number of carboxylic acids is 2. The lowest BCUT2D eigenvalue weighted by atomic mass is 10.0. The molecular weight excluding hydrogens is 502 g/mol. The van der Waals surface area contributed by atoms with Crippen LogP contribution in [0.15, 0.2) is 35.3 Å². The first-order valence-corrected chi connectivity index (χ1v) is 11.8. The number of aliphatic imine (C=N–C) groups is 1. The minimum absolute atomic E-state index is 0.0358. The molecule has 0 radical (unpaired) electrons. The van der Waals surface area contributed by atoms with Crippen LogP contribution in [0.5, 0.6) is 0 Å². The first kappa shape index (κ1) is 31.8. The molecular formula is C23H35N7O8. The summed E-state index contributed by atoms with van der Waals surface area (Å²) in [7, 11) is 0. The number of nitrogens with two attached hydrogens (primary N) is 3. The van der Waals surface area contributed by atoms with Crippen molar-refractivity contribution in [2.45, 2.75) is 56.3 Å². The molecule has 1 aromatic carbocycles. The molecule has 0 bridgehead atoms. The van der Waals surface area contributed by atoms with Crippen LogP contribution >= 0.6 is 0 Å². The third-order valence-electron chi connectivity index (χ3n) is 5.29. The van der Waals surface area contributed by atoms with Crippen molar-refractivity contribution < 1.29 is 39.3 Å². The molecule has 0 aliphatic rings. The second kappa shape index (κ2) is 16.5. The van der Waals surface area contributed by atoms with Gasteiger partial charge in [-0.2, -0.15) is 0 Å². The third kappa shape index (κ3) is 12.1. The van der Waals surface area contributed by atoms with Crippen LogP contribution in [0.25, 0.3) is 0 Å². The summed E-state index contributed by atoms with van der Waals surface area (Å²) in [6, 6.07) is 3.61. The zero-order valence-electron chi connectivity index (χ0n) is 20.7. The van der Waals surface area contributed by atoms with E-state index in [2.05, 4.69) is 15.6 Å². The Labute approximate surface area is 218 Å². The van der Waals surface area contributed by atoms with E-state index in [-0.39, 0.29) is 38.2 Å². The predicted octanol–water partition coefficient (Wildman–Crippen LogP) is -2.99. The smallest absolute Gasteiger partial charge is 0.328 e. The molecule has 15 heteroatoms. The van der Waals surface area contributed by atoms with E-state index < -0.39 is 66.9 Å². The highest BCUT2D eigenvalue weighted by molar-refractivity contribution is 5.94. The van der Waals surface area contributed by atoms with Gasteiger partial charge in [0.1, 0.15) is 18.1 Å². The number of carbonyl (C=O) groups excluding carboxylic acids is 3. The number of carboxylic acid groups (broad SMARTS) is 2. The van der Waals surface area contributed by atoms with Crippen molar-refractivity contribution in [3.05, 3.63) is 35.9 Å². The minimum atomic E-state index is -1.67. The standard InChI is InChI=1S/C23H35N7O8/c24-14(11-13-5-2-1-3-6-13)19(34)28-15(7-4-10-27-23(25)26)20(35)29-16(8-9-18(32)33)21(36)30-17(12-31)22(37)38/h1-3,5-6,14-17,31H,4,7-12,24H2,(H,28,34)(H,29,35)(H,30,36)(H,32,33)(H,37,38)(H4,25,26,27). The maximum atomic E-state index is 13.1. The summed E-state index contributed by atoms with van der Waals surface area (Å²) >= 11 is 0. The van der Waals surface area contributed by atoms with Crippen molar-refractivity contribution in [3.8, 4) is 0 Å². The number of hydrogen-bond acceptors (Lipinski definition) is 8. The first-order chi connectivity index (χ1) is 17.9. The Morgan fingerprint density at radius 2 is 1.39 bits per heavy atom. The number of rotatable bonds is 17. The van der Waals surface area contributed by atoms with Gasteiger partial charge in [-0.05, 0) is 31.2 Å². The number of hydrogen-bond donors (Lipinski definition) is 9. The predicted molar refractivity (Wildman–Crippen MR) is 135 cm³/mol. The molecule has 0 saturated heterocycles. The number of aliphatic carboxylic acids is 2. The van der Waals surface area contributed by atoms with E-state index in [9.17, 15) is 24.0 Å². The lowest BCUT2D eigenvalue weighted by Crippen LogP contribution is -2.57. The Morgan fingerprint density at radius 1 is 0.842 bits per heavy atom. The van der Waals surface area contributed by atoms with E-state index in [1.165, 1.54) is 0 Å². The molecule has 4 unspecified atom stereocenters. The molecule has 0 aliphatic carbocycles. The number of benzene rings is 1. The van der Waals surface area contributed by atoms with Crippen LogP contribution in [-0.2, 0) is 30.4 Å². The Morgan fingerprint density at radius 3 is 1.92 bits per heavy atom. The molecule has 15 nitrogen and oxygen atoms in total. The molecule has 0 aliphatic heterocycles. The lowest BCUT2D eigenvalue weighted by Gasteiger charge is -2.25. The molecule has 0 aromatic heterocycles. The third-order valence-corrected chi connectivity index (χ3v) is 5.29. The van der Waals surface area contributed by atoms with E-state index in [1.54, 1.807) is 24.3 Å². The van der Waals surface area contributed by atoms with E-state index in [0.717, 1.165) is 5.56 Å². The van der Waals surface area contributed by atoms with E-state index in [1.807, 2.05) is 11.4 Å². The average Bonchev–Trinajstić information content (AvgIpc) is 2.86. The molecule has 12 N–H and O–H groups in total. The van der Waals surface area contributed by atoms with Gasteiger partial charge < -0.3 is 48.5 Å². The summed E-state index contributed by atoms with van der Waals surface area (Å²) in [5.41, 5.74) is 17.4. The van der Waals surface area contributed by atoms with Gasteiger partial charge in [0.25, 0.3) is 0 Å². The number of carbonyl (C=O) groups is 5. The Bertz CT molecular complexity index is 985. The fourth-order valence-corrected chi connectivity index (χ4v) is 3.28. The largest absolute Gasteiger partial charge is 0.481 e.